The number of nitrogens with one attached hydrogen (secondary N) is 2. The molecule has 0 aliphatic carbocycles. The highest BCUT2D eigenvalue weighted by atomic mass is 19.4. The quantitative estimate of drug-likeness (QED) is 0.397. The standard InChI is InChI=1S/C22H18F3N3O2/c23-22(24,25)17-5-3-15(4-6-17)21-16(13-27-28-21)12-26-18-7-9-19(10-8-18)30-14-20-2-1-11-29-20/h1-11,13,26H,12,14H2,(H,27,28). The Balaban J connectivity index is 1.37. The zero-order valence-electron chi connectivity index (χ0n) is 15.7. The molecule has 0 amide bonds. The van der Waals surface area contributed by atoms with Gasteiger partial charge in [-0.3, -0.25) is 5.10 Å². The zero-order valence-corrected chi connectivity index (χ0v) is 15.7. The number of hydrogen-bond acceptors (Lipinski definition) is 4. The van der Waals surface area contributed by atoms with Crippen molar-refractivity contribution in [3.63, 3.8) is 0 Å². The van der Waals surface area contributed by atoms with Crippen molar-refractivity contribution in [2.75, 3.05) is 5.32 Å². The lowest BCUT2D eigenvalue weighted by molar-refractivity contribution is -0.137. The lowest BCUT2D eigenvalue weighted by Crippen LogP contribution is -2.04. The van der Waals surface area contributed by atoms with Crippen LogP contribution in [0.5, 0.6) is 5.75 Å². The fourth-order valence-electron chi connectivity index (χ4n) is 2.94. The minimum Gasteiger partial charge on any atom is -0.486 e. The molecule has 0 saturated carbocycles. The summed E-state index contributed by atoms with van der Waals surface area (Å²) in [6.07, 6.45) is -1.11. The lowest BCUT2D eigenvalue weighted by Gasteiger charge is -2.10. The molecular weight excluding hydrogens is 395 g/mol. The molecule has 30 heavy (non-hydrogen) atoms. The predicted molar refractivity (Wildman–Crippen MR) is 106 cm³/mol. The highest BCUT2D eigenvalue weighted by Gasteiger charge is 2.30. The second-order valence-electron chi connectivity index (χ2n) is 6.59. The van der Waals surface area contributed by atoms with E-state index in [1.165, 1.54) is 12.1 Å². The molecule has 0 unspecified atom stereocenters. The number of nitrogens with zero attached hydrogens (tertiary/aromatic N) is 1. The Morgan fingerprint density at radius 2 is 1.77 bits per heavy atom. The minimum absolute atomic E-state index is 0.352. The molecule has 0 saturated heterocycles. The second-order valence-corrected chi connectivity index (χ2v) is 6.59. The van der Waals surface area contributed by atoms with E-state index in [1.807, 2.05) is 30.3 Å². The van der Waals surface area contributed by atoms with Crippen LogP contribution in [-0.4, -0.2) is 10.2 Å². The molecule has 5 nitrogen and oxygen atoms in total. The number of aromatic amines is 1. The molecule has 0 bridgehead atoms. The van der Waals surface area contributed by atoms with Gasteiger partial charge in [-0.1, -0.05) is 12.1 Å². The van der Waals surface area contributed by atoms with Crippen LogP contribution in [0.2, 0.25) is 0 Å². The Kier molecular flexibility index (Phi) is 5.47. The van der Waals surface area contributed by atoms with E-state index >= 15 is 0 Å². The van der Waals surface area contributed by atoms with Crippen LogP contribution in [0.25, 0.3) is 11.3 Å². The smallest absolute Gasteiger partial charge is 0.416 e. The van der Waals surface area contributed by atoms with Crippen molar-refractivity contribution in [2.45, 2.75) is 19.3 Å². The van der Waals surface area contributed by atoms with E-state index in [0.29, 0.717) is 30.2 Å². The SMILES string of the molecule is FC(F)(F)c1ccc(-c2[nH]ncc2CNc2ccc(OCc3ccco3)cc2)cc1. The van der Waals surface area contributed by atoms with Crippen molar-refractivity contribution in [3.8, 4) is 17.0 Å². The fraction of sp³-hybridized carbons (Fsp3) is 0.136. The largest absolute Gasteiger partial charge is 0.486 e. The zero-order chi connectivity index (χ0) is 21.0. The summed E-state index contributed by atoms with van der Waals surface area (Å²) in [5.41, 5.74) is 2.35. The Hall–Kier alpha value is -3.68. The van der Waals surface area contributed by atoms with E-state index in [1.54, 1.807) is 18.5 Å². The molecule has 2 N–H and O–H groups in total. The normalized spacial score (nSPS) is 11.4. The predicted octanol–water partition coefficient (Wildman–Crippen LogP) is 5.88. The molecule has 0 spiro atoms. The summed E-state index contributed by atoms with van der Waals surface area (Å²) in [5.74, 6) is 1.46. The number of aromatic nitrogens is 2. The monoisotopic (exact) mass is 413 g/mol. The second kappa shape index (κ2) is 8.36. The van der Waals surface area contributed by atoms with E-state index in [2.05, 4.69) is 15.5 Å². The summed E-state index contributed by atoms with van der Waals surface area (Å²) in [6.45, 7) is 0.810. The van der Waals surface area contributed by atoms with Gasteiger partial charge in [-0.15, -0.1) is 0 Å². The maximum absolute atomic E-state index is 12.8. The summed E-state index contributed by atoms with van der Waals surface area (Å²) in [7, 11) is 0. The van der Waals surface area contributed by atoms with Gasteiger partial charge in [0, 0.05) is 17.8 Å². The van der Waals surface area contributed by atoms with E-state index in [4.69, 9.17) is 9.15 Å². The molecule has 0 atom stereocenters. The van der Waals surface area contributed by atoms with Crippen molar-refractivity contribution in [1.29, 1.82) is 0 Å². The average molecular weight is 413 g/mol. The van der Waals surface area contributed by atoms with Gasteiger partial charge in [0.05, 0.1) is 23.7 Å². The third-order valence-electron chi connectivity index (χ3n) is 4.52. The molecule has 154 valence electrons. The van der Waals surface area contributed by atoms with Crippen LogP contribution in [0.3, 0.4) is 0 Å². The van der Waals surface area contributed by atoms with Gasteiger partial charge >= 0.3 is 6.18 Å². The highest BCUT2D eigenvalue weighted by Crippen LogP contribution is 2.31. The lowest BCUT2D eigenvalue weighted by atomic mass is 10.1. The Morgan fingerprint density at radius 1 is 1.00 bits per heavy atom. The van der Waals surface area contributed by atoms with Gasteiger partial charge in [0.1, 0.15) is 18.1 Å². The van der Waals surface area contributed by atoms with E-state index in [9.17, 15) is 13.2 Å². The van der Waals surface area contributed by atoms with Crippen LogP contribution >= 0.6 is 0 Å². The molecular formula is C22H18F3N3O2. The number of anilines is 1. The summed E-state index contributed by atoms with van der Waals surface area (Å²) < 4.78 is 49.1. The van der Waals surface area contributed by atoms with Crippen molar-refractivity contribution in [3.05, 3.63) is 90.0 Å². The molecule has 2 heterocycles. The summed E-state index contributed by atoms with van der Waals surface area (Å²) in [4.78, 5) is 0. The van der Waals surface area contributed by atoms with Crippen LogP contribution in [0.4, 0.5) is 18.9 Å². The first-order valence-corrected chi connectivity index (χ1v) is 9.18. The van der Waals surface area contributed by atoms with Crippen molar-refractivity contribution < 1.29 is 22.3 Å². The van der Waals surface area contributed by atoms with Gasteiger partial charge in [-0.05, 0) is 54.1 Å². The van der Waals surface area contributed by atoms with Crippen LogP contribution < -0.4 is 10.1 Å². The first-order valence-electron chi connectivity index (χ1n) is 9.18. The van der Waals surface area contributed by atoms with E-state index in [0.717, 1.165) is 29.1 Å². The van der Waals surface area contributed by atoms with Crippen LogP contribution in [0.1, 0.15) is 16.9 Å². The molecule has 0 fully saturated rings. The van der Waals surface area contributed by atoms with Crippen molar-refractivity contribution in [2.24, 2.45) is 0 Å². The maximum Gasteiger partial charge on any atom is 0.416 e. The topological polar surface area (TPSA) is 63.1 Å². The molecule has 0 aliphatic heterocycles. The first kappa shape index (κ1) is 19.6. The van der Waals surface area contributed by atoms with Crippen molar-refractivity contribution >= 4 is 5.69 Å². The third-order valence-corrected chi connectivity index (χ3v) is 4.52. The number of alkyl halides is 3. The summed E-state index contributed by atoms with van der Waals surface area (Å²) >= 11 is 0. The molecule has 0 aliphatic rings. The Bertz CT molecular complexity index is 1070. The van der Waals surface area contributed by atoms with Gasteiger partial charge in [0.2, 0.25) is 0 Å². The number of hydrogen-bond donors (Lipinski definition) is 2. The maximum atomic E-state index is 12.8. The fourth-order valence-corrected chi connectivity index (χ4v) is 2.94. The Labute approximate surface area is 170 Å². The minimum atomic E-state index is -4.36. The number of furan rings is 1. The van der Waals surface area contributed by atoms with E-state index < -0.39 is 11.7 Å². The average Bonchev–Trinajstić information content (AvgIpc) is 3.43. The summed E-state index contributed by atoms with van der Waals surface area (Å²) in [6, 6.07) is 16.1. The molecule has 8 heteroatoms. The number of benzene rings is 2. The van der Waals surface area contributed by atoms with E-state index in [-0.39, 0.29) is 0 Å². The van der Waals surface area contributed by atoms with Crippen molar-refractivity contribution in [1.82, 2.24) is 10.2 Å². The van der Waals surface area contributed by atoms with Gasteiger partial charge in [0.25, 0.3) is 0 Å². The number of rotatable bonds is 7. The van der Waals surface area contributed by atoms with Crippen LogP contribution in [0, 0.1) is 0 Å². The van der Waals surface area contributed by atoms with Crippen LogP contribution in [-0.2, 0) is 19.3 Å². The molecule has 4 aromatic rings. The first-order chi connectivity index (χ1) is 14.5. The molecule has 2 aromatic heterocycles. The van der Waals surface area contributed by atoms with Gasteiger partial charge < -0.3 is 14.5 Å². The van der Waals surface area contributed by atoms with Gasteiger partial charge in [-0.2, -0.15) is 18.3 Å². The number of ether oxygens (including phenoxy) is 1. The Morgan fingerprint density at radius 3 is 2.43 bits per heavy atom. The molecule has 0 radical (unpaired) electrons. The third kappa shape index (κ3) is 4.65. The number of halogens is 3. The van der Waals surface area contributed by atoms with Gasteiger partial charge in [-0.25, -0.2) is 0 Å². The highest BCUT2D eigenvalue weighted by molar-refractivity contribution is 5.63. The van der Waals surface area contributed by atoms with Gasteiger partial charge in [0.15, 0.2) is 0 Å². The summed E-state index contributed by atoms with van der Waals surface area (Å²) in [5, 5.41) is 10.2. The molecule has 4 rings (SSSR count). The number of H-pyrrole nitrogens is 1. The molecule has 2 aromatic carbocycles. The van der Waals surface area contributed by atoms with Crippen LogP contribution in [0.15, 0.2) is 77.5 Å².